The molecule has 0 bridgehead atoms. The smallest absolute Gasteiger partial charge is 0.410 e. The van der Waals surface area contributed by atoms with Gasteiger partial charge in [0.1, 0.15) is 23.7 Å². The van der Waals surface area contributed by atoms with Crippen LogP contribution in [0.25, 0.3) is 5.57 Å². The van der Waals surface area contributed by atoms with Crippen molar-refractivity contribution in [3.63, 3.8) is 0 Å². The molecule has 3 atom stereocenters. The number of para-hydroxylation sites is 1. The lowest BCUT2D eigenvalue weighted by atomic mass is 10.0. The maximum Gasteiger partial charge on any atom is 0.410 e. The normalized spacial score (nSPS) is 16.5. The van der Waals surface area contributed by atoms with Gasteiger partial charge in [-0.15, -0.1) is 0 Å². The highest BCUT2D eigenvalue weighted by Gasteiger charge is 2.56. The molecule has 4 aromatic rings. The number of hydrogen-bond donors (Lipinski definition) is 3. The van der Waals surface area contributed by atoms with Crippen LogP contribution >= 0.6 is 7.60 Å². The van der Waals surface area contributed by atoms with E-state index in [2.05, 4.69) is 10.6 Å². The number of allylic oxidation sites excluding steroid dienone is 1. The van der Waals surface area contributed by atoms with Crippen molar-refractivity contribution >= 4 is 54.4 Å². The molecule has 0 aliphatic carbocycles. The predicted octanol–water partition coefficient (Wildman–Crippen LogP) is 6.43. The summed E-state index contributed by atoms with van der Waals surface area (Å²) >= 11 is 0. The van der Waals surface area contributed by atoms with E-state index in [0.29, 0.717) is 18.5 Å². The fourth-order valence-electron chi connectivity index (χ4n) is 7.17. The van der Waals surface area contributed by atoms with E-state index in [0.717, 1.165) is 77.9 Å². The molecule has 0 saturated heterocycles. The minimum Gasteiger partial charge on any atom is -0.434 e. The first kappa shape index (κ1) is 47.8. The van der Waals surface area contributed by atoms with Crippen molar-refractivity contribution < 1.29 is 69.4 Å². The zero-order valence-corrected chi connectivity index (χ0v) is 35.8. The number of carbonyl (C=O) groups is 6. The van der Waals surface area contributed by atoms with Gasteiger partial charge in [-0.05, 0) is 104 Å². The molecule has 0 aromatic heterocycles. The van der Waals surface area contributed by atoms with Gasteiger partial charge >= 0.3 is 25.2 Å². The number of hydrogen-bond acceptors (Lipinski definition) is 11. The molecule has 4 amide bonds. The van der Waals surface area contributed by atoms with Crippen molar-refractivity contribution in [3.05, 3.63) is 142 Å². The van der Waals surface area contributed by atoms with Crippen molar-refractivity contribution in [1.29, 1.82) is 0 Å². The maximum absolute atomic E-state index is 16.2. The number of nitrogens with two attached hydrogens (primary N) is 1. The van der Waals surface area contributed by atoms with Crippen LogP contribution < -0.4 is 21.3 Å². The number of carbonyl (C=O) groups excluding carboxylic acids is 6. The summed E-state index contributed by atoms with van der Waals surface area (Å²) in [6.45, 7) is 0.540. The van der Waals surface area contributed by atoms with Gasteiger partial charge < -0.3 is 25.8 Å². The highest BCUT2D eigenvalue weighted by molar-refractivity contribution is 7.54. The molecule has 342 valence electrons. The van der Waals surface area contributed by atoms with Crippen LogP contribution in [0.2, 0.25) is 0 Å². The van der Waals surface area contributed by atoms with Crippen molar-refractivity contribution in [3.8, 4) is 0 Å². The third-order valence-corrected chi connectivity index (χ3v) is 12.4. The van der Waals surface area contributed by atoms with Gasteiger partial charge in [-0.2, -0.15) is 8.78 Å². The van der Waals surface area contributed by atoms with E-state index in [1.165, 1.54) is 24.0 Å². The summed E-state index contributed by atoms with van der Waals surface area (Å²) in [4.78, 5) is 78.6. The van der Waals surface area contributed by atoms with Crippen LogP contribution in [-0.2, 0) is 60.8 Å². The molecule has 0 saturated carbocycles. The van der Waals surface area contributed by atoms with Crippen LogP contribution in [0.5, 0.6) is 0 Å². The number of halogens is 4. The molecule has 4 aromatic carbocycles. The summed E-state index contributed by atoms with van der Waals surface area (Å²) < 4.78 is 92.3. The summed E-state index contributed by atoms with van der Waals surface area (Å²) in [5.41, 5.74) is 2.22. The number of esters is 2. The summed E-state index contributed by atoms with van der Waals surface area (Å²) in [7, 11) is -5.76. The number of primary amides is 1. The number of nitrogens with zero attached hydrogens (tertiary/aromatic N) is 1. The molecule has 0 spiro atoms. The van der Waals surface area contributed by atoms with Gasteiger partial charge in [-0.3, -0.25) is 37.7 Å². The van der Waals surface area contributed by atoms with Gasteiger partial charge in [0.25, 0.3) is 0 Å². The van der Waals surface area contributed by atoms with Crippen LogP contribution in [0.1, 0.15) is 76.1 Å². The van der Waals surface area contributed by atoms with Gasteiger partial charge in [0.15, 0.2) is 0 Å². The number of nitrogens with one attached hydrogen (secondary N) is 2. The summed E-state index contributed by atoms with van der Waals surface area (Å²) in [5, 5.41) is 5.57. The molecular weight excluding hydrogens is 879 g/mol. The second kappa shape index (κ2) is 20.4. The van der Waals surface area contributed by atoms with E-state index in [1.807, 2.05) is 18.2 Å². The molecule has 6 rings (SSSR count). The van der Waals surface area contributed by atoms with Gasteiger partial charge in [0, 0.05) is 30.5 Å². The second-order valence-electron chi connectivity index (χ2n) is 15.2. The van der Waals surface area contributed by atoms with Crippen LogP contribution in [0.4, 0.5) is 23.2 Å². The first-order valence-electron chi connectivity index (χ1n) is 20.1. The zero-order chi connectivity index (χ0) is 47.1. The van der Waals surface area contributed by atoms with Crippen LogP contribution in [0, 0.1) is 11.6 Å². The van der Waals surface area contributed by atoms with Crippen molar-refractivity contribution in [2.75, 3.05) is 18.5 Å². The lowest BCUT2D eigenvalue weighted by molar-refractivity contribution is -0.128. The van der Waals surface area contributed by atoms with E-state index in [1.54, 1.807) is 6.92 Å². The summed E-state index contributed by atoms with van der Waals surface area (Å²) in [6, 6.07) is 15.2. The number of rotatable bonds is 18. The Balaban J connectivity index is 1.14. The molecule has 0 fully saturated rings. The van der Waals surface area contributed by atoms with Crippen LogP contribution in [0.15, 0.2) is 97.1 Å². The molecule has 2 aliphatic heterocycles. The minimum atomic E-state index is -5.76. The standard InChI is InChI=1S/C45H43F4N4O11P/c1-26(22-39(55)52-36-20-13-29-4-3-5-32-23-37(53(40(29)32)42(36)57)41(56)51-27(2)6-21-38(50)54)28-7-14-33(15-8-28)45(48,49)65(60,63-24-61-43(58)30-9-16-34(46)17-10-30)64-25-62-44(59)31-11-18-35(47)19-12-31/h3-5,7-12,14-19,22,27,36-37H,6,13,20-21,23-25H2,1-2H3,(H2,50,54)(H,51,56)(H,52,55). The maximum atomic E-state index is 16.2. The Kier molecular flexibility index (Phi) is 15.0. The topological polar surface area (TPSA) is 210 Å². The van der Waals surface area contributed by atoms with E-state index in [9.17, 15) is 42.1 Å². The molecule has 2 heterocycles. The Hall–Kier alpha value is -6.69. The highest BCUT2D eigenvalue weighted by atomic mass is 31.2. The number of amides is 4. The molecule has 15 nitrogen and oxygen atoms in total. The molecular formula is C45H43F4N4O11P. The van der Waals surface area contributed by atoms with E-state index in [-0.39, 0.29) is 41.5 Å². The Morgan fingerprint density at radius 2 is 1.38 bits per heavy atom. The van der Waals surface area contributed by atoms with E-state index in [4.69, 9.17) is 24.3 Å². The van der Waals surface area contributed by atoms with Crippen molar-refractivity contribution in [2.45, 2.75) is 69.7 Å². The monoisotopic (exact) mass is 922 g/mol. The van der Waals surface area contributed by atoms with Gasteiger partial charge in [0.05, 0.1) is 16.8 Å². The fourth-order valence-corrected chi connectivity index (χ4v) is 8.41. The third kappa shape index (κ3) is 11.3. The minimum absolute atomic E-state index is 0.0621. The first-order chi connectivity index (χ1) is 30.9. The molecule has 20 heteroatoms. The lowest BCUT2D eigenvalue weighted by Gasteiger charge is -2.28. The number of ether oxygens (including phenoxy) is 2. The van der Waals surface area contributed by atoms with Gasteiger partial charge in [0.2, 0.25) is 37.2 Å². The molecule has 3 unspecified atom stereocenters. The van der Waals surface area contributed by atoms with Gasteiger partial charge in [-0.1, -0.05) is 42.5 Å². The van der Waals surface area contributed by atoms with Crippen LogP contribution in [-0.4, -0.2) is 67.3 Å². The molecule has 4 N–H and O–H groups in total. The van der Waals surface area contributed by atoms with Crippen LogP contribution in [0.3, 0.4) is 0 Å². The Morgan fingerprint density at radius 3 is 1.94 bits per heavy atom. The number of benzene rings is 4. The van der Waals surface area contributed by atoms with Crippen molar-refractivity contribution in [2.24, 2.45) is 5.73 Å². The quantitative estimate of drug-likeness (QED) is 0.0326. The molecule has 2 aliphatic rings. The molecule has 65 heavy (non-hydrogen) atoms. The third-order valence-electron chi connectivity index (χ3n) is 10.6. The molecule has 0 radical (unpaired) electrons. The summed E-state index contributed by atoms with van der Waals surface area (Å²) in [5.74, 6) is -5.77. The zero-order valence-electron chi connectivity index (χ0n) is 34.9. The SMILES string of the molecule is CC(=CC(=O)NC1CCc2cccc3c2N(C1=O)C(C(=O)NC(C)CCC(N)=O)C3)c1ccc(C(F)(F)P(=O)(OCOC(=O)c2ccc(F)cc2)OCOC(=O)c2ccc(F)cc2)cc1. The Morgan fingerprint density at radius 1 is 0.846 bits per heavy atom. The average molecular weight is 923 g/mol. The summed E-state index contributed by atoms with van der Waals surface area (Å²) in [6.07, 6.45) is 2.37. The van der Waals surface area contributed by atoms with Crippen molar-refractivity contribution in [1.82, 2.24) is 10.6 Å². The van der Waals surface area contributed by atoms with Gasteiger partial charge in [-0.25, -0.2) is 18.4 Å². The first-order valence-corrected chi connectivity index (χ1v) is 21.7. The van der Waals surface area contributed by atoms with E-state index >= 15 is 8.78 Å². The largest absolute Gasteiger partial charge is 0.434 e. The Labute approximate surface area is 369 Å². The Bertz CT molecular complexity index is 2470. The van der Waals surface area contributed by atoms with E-state index < -0.39 is 97.7 Å². The number of aryl methyl sites for hydroxylation is 1. The second-order valence-corrected chi connectivity index (χ2v) is 17.3. The predicted molar refractivity (Wildman–Crippen MR) is 225 cm³/mol. The number of anilines is 1. The highest BCUT2D eigenvalue weighted by Crippen LogP contribution is 2.67. The number of alkyl halides is 2. The lowest BCUT2D eigenvalue weighted by Crippen LogP contribution is -2.55. The average Bonchev–Trinajstić information content (AvgIpc) is 3.61. The fraction of sp³-hybridized carbons (Fsp3) is 0.289.